The summed E-state index contributed by atoms with van der Waals surface area (Å²) < 4.78 is 0. The van der Waals surface area contributed by atoms with Gasteiger partial charge in [0.05, 0.1) is 12.6 Å². The Labute approximate surface area is 119 Å². The number of fused-ring (bicyclic) bond motifs is 1. The van der Waals surface area contributed by atoms with Crippen LogP contribution in [0.15, 0.2) is 46.9 Å². The van der Waals surface area contributed by atoms with Gasteiger partial charge in [-0.05, 0) is 11.0 Å². The summed E-state index contributed by atoms with van der Waals surface area (Å²) in [5, 5.41) is 18.0. The SMILES string of the molecule is C1=CN2CC(c3ccccc3)N=C2S1.O=C(O)C(=O)O. The van der Waals surface area contributed by atoms with Crippen LogP contribution in [-0.4, -0.2) is 38.8 Å². The minimum atomic E-state index is -1.82. The van der Waals surface area contributed by atoms with E-state index in [0.717, 1.165) is 11.7 Å². The van der Waals surface area contributed by atoms with E-state index in [1.54, 1.807) is 11.8 Å². The molecule has 0 fully saturated rings. The molecule has 104 valence electrons. The fraction of sp³-hybridized carbons (Fsp3) is 0.154. The van der Waals surface area contributed by atoms with E-state index in [1.165, 1.54) is 5.56 Å². The fourth-order valence-electron chi connectivity index (χ4n) is 1.76. The first-order valence-electron chi connectivity index (χ1n) is 5.77. The van der Waals surface area contributed by atoms with E-state index in [-0.39, 0.29) is 0 Å². The standard InChI is InChI=1S/C11H10N2S.C2H2O4/c1-2-4-9(5-3-1)10-8-13-6-7-14-11(13)12-10;3-1(4)2(5)6/h1-7,10H,8H2;(H,3,4)(H,5,6). The molecule has 1 unspecified atom stereocenters. The topological polar surface area (TPSA) is 90.2 Å². The predicted molar refractivity (Wildman–Crippen MR) is 75.3 cm³/mol. The third-order valence-corrected chi connectivity index (χ3v) is 3.47. The molecule has 0 aliphatic carbocycles. The Hall–Kier alpha value is -2.28. The van der Waals surface area contributed by atoms with Crippen LogP contribution < -0.4 is 0 Å². The van der Waals surface area contributed by atoms with Crippen molar-refractivity contribution < 1.29 is 19.8 Å². The minimum Gasteiger partial charge on any atom is -0.473 e. The van der Waals surface area contributed by atoms with Crippen molar-refractivity contribution >= 4 is 28.9 Å². The molecule has 3 rings (SSSR count). The van der Waals surface area contributed by atoms with Crippen LogP contribution in [0.1, 0.15) is 11.6 Å². The first-order chi connectivity index (χ1) is 9.58. The largest absolute Gasteiger partial charge is 0.473 e. The summed E-state index contributed by atoms with van der Waals surface area (Å²) in [6.07, 6.45) is 2.10. The van der Waals surface area contributed by atoms with Gasteiger partial charge in [-0.1, -0.05) is 42.1 Å². The quantitative estimate of drug-likeness (QED) is 0.767. The highest BCUT2D eigenvalue weighted by Gasteiger charge is 2.26. The van der Waals surface area contributed by atoms with Gasteiger partial charge in [0.2, 0.25) is 0 Å². The van der Waals surface area contributed by atoms with Crippen molar-refractivity contribution in [2.24, 2.45) is 4.99 Å². The molecule has 1 aromatic rings. The summed E-state index contributed by atoms with van der Waals surface area (Å²) in [5.74, 6) is -3.65. The average molecular weight is 292 g/mol. The van der Waals surface area contributed by atoms with Gasteiger partial charge in [0.25, 0.3) is 0 Å². The Balaban J connectivity index is 0.000000212. The summed E-state index contributed by atoms with van der Waals surface area (Å²) >= 11 is 1.71. The van der Waals surface area contributed by atoms with Crippen LogP contribution in [0.4, 0.5) is 0 Å². The third-order valence-electron chi connectivity index (χ3n) is 2.66. The van der Waals surface area contributed by atoms with Crippen LogP contribution in [0.3, 0.4) is 0 Å². The summed E-state index contributed by atoms with van der Waals surface area (Å²) in [6, 6.07) is 10.8. The lowest BCUT2D eigenvalue weighted by molar-refractivity contribution is -0.159. The Morgan fingerprint density at radius 3 is 2.40 bits per heavy atom. The second-order valence-corrected chi connectivity index (χ2v) is 4.88. The molecule has 0 saturated carbocycles. The smallest absolute Gasteiger partial charge is 0.414 e. The number of hydrogen-bond donors (Lipinski definition) is 2. The molecular formula is C13H12N2O4S. The van der Waals surface area contributed by atoms with Crippen LogP contribution in [-0.2, 0) is 9.59 Å². The maximum atomic E-state index is 9.10. The van der Waals surface area contributed by atoms with E-state index in [4.69, 9.17) is 19.8 Å². The van der Waals surface area contributed by atoms with Gasteiger partial charge in [-0.3, -0.25) is 4.99 Å². The molecule has 1 aromatic carbocycles. The first kappa shape index (κ1) is 14.1. The molecule has 2 aliphatic heterocycles. The molecule has 0 spiro atoms. The zero-order valence-electron chi connectivity index (χ0n) is 10.3. The number of carbonyl (C=O) groups is 2. The van der Waals surface area contributed by atoms with Gasteiger partial charge in [-0.25, -0.2) is 9.59 Å². The van der Waals surface area contributed by atoms with E-state index < -0.39 is 11.9 Å². The number of thioether (sulfide) groups is 1. The lowest BCUT2D eigenvalue weighted by Crippen LogP contribution is -2.15. The molecule has 2 heterocycles. The normalized spacial score (nSPS) is 18.9. The summed E-state index contributed by atoms with van der Waals surface area (Å²) in [4.78, 5) is 25.1. The van der Waals surface area contributed by atoms with Crippen molar-refractivity contribution in [3.8, 4) is 0 Å². The number of aliphatic carboxylic acids is 2. The number of rotatable bonds is 1. The van der Waals surface area contributed by atoms with Gasteiger partial charge >= 0.3 is 11.9 Å². The summed E-state index contributed by atoms with van der Waals surface area (Å²) in [6.45, 7) is 0.989. The summed E-state index contributed by atoms with van der Waals surface area (Å²) in [7, 11) is 0. The number of aliphatic imine (C=N–C) groups is 1. The first-order valence-corrected chi connectivity index (χ1v) is 6.65. The highest BCUT2D eigenvalue weighted by Crippen LogP contribution is 2.32. The van der Waals surface area contributed by atoms with Crippen LogP contribution >= 0.6 is 11.8 Å². The highest BCUT2D eigenvalue weighted by atomic mass is 32.2. The Morgan fingerprint density at radius 2 is 1.85 bits per heavy atom. The minimum absolute atomic E-state index is 0.323. The Bertz CT molecular complexity index is 559. The van der Waals surface area contributed by atoms with Crippen LogP contribution in [0.5, 0.6) is 0 Å². The molecule has 20 heavy (non-hydrogen) atoms. The number of nitrogens with zero attached hydrogens (tertiary/aromatic N) is 2. The summed E-state index contributed by atoms with van der Waals surface area (Å²) in [5.41, 5.74) is 1.31. The zero-order valence-corrected chi connectivity index (χ0v) is 11.2. The maximum absolute atomic E-state index is 9.10. The van der Waals surface area contributed by atoms with Gasteiger partial charge in [-0.2, -0.15) is 0 Å². The second-order valence-electron chi connectivity index (χ2n) is 4.00. The Morgan fingerprint density at radius 1 is 1.20 bits per heavy atom. The van der Waals surface area contributed by atoms with Crippen molar-refractivity contribution in [1.82, 2.24) is 4.90 Å². The van der Waals surface area contributed by atoms with Crippen LogP contribution in [0.25, 0.3) is 0 Å². The van der Waals surface area contributed by atoms with E-state index in [2.05, 4.69) is 45.8 Å². The van der Waals surface area contributed by atoms with Gasteiger partial charge in [0.15, 0.2) is 5.17 Å². The van der Waals surface area contributed by atoms with E-state index in [0.29, 0.717) is 6.04 Å². The second kappa shape index (κ2) is 6.25. The fourth-order valence-corrected chi connectivity index (χ4v) is 2.54. The molecule has 0 amide bonds. The molecule has 0 saturated heterocycles. The number of carboxylic acids is 2. The molecular weight excluding hydrogens is 280 g/mol. The lowest BCUT2D eigenvalue weighted by atomic mass is 10.1. The van der Waals surface area contributed by atoms with E-state index in [1.807, 2.05) is 6.07 Å². The number of hydrogen-bond acceptors (Lipinski definition) is 5. The number of benzene rings is 1. The molecule has 2 N–H and O–H groups in total. The Kier molecular flexibility index (Phi) is 4.41. The predicted octanol–water partition coefficient (Wildman–Crippen LogP) is 1.77. The van der Waals surface area contributed by atoms with Gasteiger partial charge < -0.3 is 15.1 Å². The van der Waals surface area contributed by atoms with Crippen molar-refractivity contribution in [3.63, 3.8) is 0 Å². The van der Waals surface area contributed by atoms with Crippen LogP contribution in [0, 0.1) is 0 Å². The van der Waals surface area contributed by atoms with E-state index >= 15 is 0 Å². The molecule has 0 radical (unpaired) electrons. The average Bonchev–Trinajstić information content (AvgIpc) is 3.01. The van der Waals surface area contributed by atoms with Crippen molar-refractivity contribution in [2.75, 3.05) is 6.54 Å². The molecule has 1 atom stereocenters. The maximum Gasteiger partial charge on any atom is 0.414 e. The van der Waals surface area contributed by atoms with Crippen molar-refractivity contribution in [1.29, 1.82) is 0 Å². The van der Waals surface area contributed by atoms with Gasteiger partial charge in [0.1, 0.15) is 0 Å². The molecule has 2 aliphatic rings. The van der Waals surface area contributed by atoms with Crippen LogP contribution in [0.2, 0.25) is 0 Å². The highest BCUT2D eigenvalue weighted by molar-refractivity contribution is 8.16. The van der Waals surface area contributed by atoms with Crippen molar-refractivity contribution in [3.05, 3.63) is 47.5 Å². The number of amidine groups is 1. The zero-order chi connectivity index (χ0) is 14.5. The number of carboxylic acid groups (broad SMARTS) is 2. The molecule has 6 nitrogen and oxygen atoms in total. The molecule has 7 heteroatoms. The molecule has 0 aromatic heterocycles. The lowest BCUT2D eigenvalue weighted by Gasteiger charge is -2.10. The molecule has 0 bridgehead atoms. The van der Waals surface area contributed by atoms with Gasteiger partial charge in [-0.15, -0.1) is 0 Å². The van der Waals surface area contributed by atoms with E-state index in [9.17, 15) is 0 Å². The van der Waals surface area contributed by atoms with Crippen molar-refractivity contribution in [2.45, 2.75) is 6.04 Å². The van der Waals surface area contributed by atoms with Gasteiger partial charge in [0, 0.05) is 6.20 Å². The monoisotopic (exact) mass is 292 g/mol. The third kappa shape index (κ3) is 3.39.